The lowest BCUT2D eigenvalue weighted by atomic mass is 9.71. The van der Waals surface area contributed by atoms with Crippen LogP contribution in [0.3, 0.4) is 0 Å². The first-order chi connectivity index (χ1) is 11.2. The summed E-state index contributed by atoms with van der Waals surface area (Å²) in [7, 11) is 0. The molecule has 0 aromatic rings. The molecule has 0 saturated heterocycles. The average molecular weight is 304 g/mol. The van der Waals surface area contributed by atoms with Gasteiger partial charge in [-0.25, -0.2) is 0 Å². The minimum absolute atomic E-state index is 0.245. The molecule has 0 heterocycles. The average Bonchev–Trinajstić information content (AvgIpc) is 2.60. The quantitative estimate of drug-likeness (QED) is 0.704. The Hall–Kier alpha value is -2.56. The lowest BCUT2D eigenvalue weighted by molar-refractivity contribution is 0.334. The molecule has 0 aromatic heterocycles. The molecule has 2 fully saturated rings. The van der Waals surface area contributed by atoms with Crippen LogP contribution < -0.4 is 0 Å². The number of nitriles is 4. The Morgan fingerprint density at radius 3 is 1.43 bits per heavy atom. The number of nitrogens with zero attached hydrogens (tertiary/aromatic N) is 4. The molecule has 2 atom stereocenters. The van der Waals surface area contributed by atoms with Gasteiger partial charge in [-0.15, -0.1) is 0 Å². The largest absolute Gasteiger partial charge is 0.192 e. The Morgan fingerprint density at radius 1 is 0.696 bits per heavy atom. The zero-order chi connectivity index (χ0) is 16.7. The number of hydrogen-bond donors (Lipinski definition) is 0. The highest BCUT2D eigenvalue weighted by Crippen LogP contribution is 2.42. The summed E-state index contributed by atoms with van der Waals surface area (Å²) < 4.78 is 0. The highest BCUT2D eigenvalue weighted by atomic mass is 14.4. The zero-order valence-corrected chi connectivity index (χ0v) is 13.3. The van der Waals surface area contributed by atoms with Crippen LogP contribution in [-0.4, -0.2) is 0 Å². The van der Waals surface area contributed by atoms with E-state index in [9.17, 15) is 21.0 Å². The molecular formula is C19H20N4. The number of rotatable bonds is 2. The fourth-order valence-electron chi connectivity index (χ4n) is 4.03. The fourth-order valence-corrected chi connectivity index (χ4v) is 4.03. The minimum Gasteiger partial charge on any atom is -0.192 e. The highest BCUT2D eigenvalue weighted by Gasteiger charge is 2.29. The van der Waals surface area contributed by atoms with Crippen molar-refractivity contribution in [1.29, 1.82) is 21.0 Å². The molecule has 0 aliphatic heterocycles. The van der Waals surface area contributed by atoms with E-state index >= 15 is 0 Å². The topological polar surface area (TPSA) is 95.2 Å². The monoisotopic (exact) mass is 304 g/mol. The van der Waals surface area contributed by atoms with Crippen molar-refractivity contribution in [3.8, 4) is 24.3 Å². The molecular weight excluding hydrogens is 284 g/mol. The van der Waals surface area contributed by atoms with Crippen LogP contribution >= 0.6 is 0 Å². The zero-order valence-electron chi connectivity index (χ0n) is 13.3. The maximum absolute atomic E-state index is 9.19. The molecule has 0 bridgehead atoms. The Labute approximate surface area is 137 Å². The van der Waals surface area contributed by atoms with Crippen LogP contribution in [0.1, 0.15) is 57.8 Å². The van der Waals surface area contributed by atoms with E-state index in [1.165, 1.54) is 0 Å². The first-order valence-corrected chi connectivity index (χ1v) is 8.31. The van der Waals surface area contributed by atoms with Gasteiger partial charge in [0.15, 0.2) is 0 Å². The predicted octanol–water partition coefficient (Wildman–Crippen LogP) is 4.44. The Balaban J connectivity index is 2.29. The first kappa shape index (κ1) is 16.8. The summed E-state index contributed by atoms with van der Waals surface area (Å²) in [5, 5.41) is 36.8. The molecule has 4 nitrogen and oxygen atoms in total. The second-order valence-electron chi connectivity index (χ2n) is 6.37. The van der Waals surface area contributed by atoms with Crippen molar-refractivity contribution in [2.24, 2.45) is 11.8 Å². The van der Waals surface area contributed by atoms with Gasteiger partial charge in [-0.3, -0.25) is 0 Å². The van der Waals surface area contributed by atoms with Crippen molar-refractivity contribution >= 4 is 0 Å². The summed E-state index contributed by atoms with van der Waals surface area (Å²) in [5.74, 6) is 0.490. The summed E-state index contributed by atoms with van der Waals surface area (Å²) >= 11 is 0. The molecule has 0 N–H and O–H groups in total. The lowest BCUT2D eigenvalue weighted by Gasteiger charge is -2.32. The second-order valence-corrected chi connectivity index (χ2v) is 6.37. The first-order valence-electron chi connectivity index (χ1n) is 8.31. The SMILES string of the molecule is N#CC(C#N)=C1CCCCC1CC1CCCCC1=C(C#N)C#N. The molecule has 23 heavy (non-hydrogen) atoms. The Bertz CT molecular complexity index is 593. The number of allylic oxidation sites excluding steroid dienone is 4. The van der Waals surface area contributed by atoms with E-state index in [-0.39, 0.29) is 23.0 Å². The minimum atomic E-state index is 0.245. The Morgan fingerprint density at radius 2 is 1.09 bits per heavy atom. The van der Waals surface area contributed by atoms with E-state index in [1.807, 2.05) is 24.3 Å². The maximum Gasteiger partial charge on any atom is 0.129 e. The molecule has 0 amide bonds. The predicted molar refractivity (Wildman–Crippen MR) is 85.0 cm³/mol. The van der Waals surface area contributed by atoms with Crippen molar-refractivity contribution in [2.75, 3.05) is 0 Å². The van der Waals surface area contributed by atoms with Crippen LogP contribution in [0.25, 0.3) is 0 Å². The fraction of sp³-hybridized carbons (Fsp3) is 0.579. The molecule has 4 heteroatoms. The molecule has 0 aromatic carbocycles. The Kier molecular flexibility index (Phi) is 5.97. The normalized spacial score (nSPS) is 23.8. The van der Waals surface area contributed by atoms with Crippen LogP contribution in [0.5, 0.6) is 0 Å². The molecule has 0 spiro atoms. The van der Waals surface area contributed by atoms with Crippen molar-refractivity contribution in [3.05, 3.63) is 22.3 Å². The third-order valence-electron chi connectivity index (χ3n) is 5.14. The van der Waals surface area contributed by atoms with Crippen LogP contribution in [0.4, 0.5) is 0 Å². The van der Waals surface area contributed by atoms with Crippen molar-refractivity contribution in [2.45, 2.75) is 57.8 Å². The third-order valence-corrected chi connectivity index (χ3v) is 5.14. The molecule has 2 saturated carbocycles. The van der Waals surface area contributed by atoms with Crippen LogP contribution in [0, 0.1) is 57.2 Å². The molecule has 2 rings (SSSR count). The van der Waals surface area contributed by atoms with Gasteiger partial charge in [0.25, 0.3) is 0 Å². The molecule has 2 aliphatic carbocycles. The molecule has 2 aliphatic rings. The maximum atomic E-state index is 9.19. The summed E-state index contributed by atoms with van der Waals surface area (Å²) in [6.45, 7) is 0. The van der Waals surface area contributed by atoms with Gasteiger partial charge in [0.05, 0.1) is 0 Å². The highest BCUT2D eigenvalue weighted by molar-refractivity contribution is 5.43. The number of hydrogen-bond acceptors (Lipinski definition) is 4. The van der Waals surface area contributed by atoms with E-state index in [4.69, 9.17) is 0 Å². The molecule has 2 unspecified atom stereocenters. The van der Waals surface area contributed by atoms with E-state index in [0.29, 0.717) is 0 Å². The van der Waals surface area contributed by atoms with Crippen LogP contribution in [-0.2, 0) is 0 Å². The van der Waals surface area contributed by atoms with Crippen LogP contribution in [0.2, 0.25) is 0 Å². The van der Waals surface area contributed by atoms with Crippen molar-refractivity contribution in [3.63, 3.8) is 0 Å². The summed E-state index contributed by atoms with van der Waals surface area (Å²) in [6.07, 6.45) is 8.83. The molecule has 116 valence electrons. The van der Waals surface area contributed by atoms with Crippen LogP contribution in [0.15, 0.2) is 22.3 Å². The summed E-state index contributed by atoms with van der Waals surface area (Å²) in [6, 6.07) is 8.19. The van der Waals surface area contributed by atoms with Crippen molar-refractivity contribution in [1.82, 2.24) is 0 Å². The van der Waals surface area contributed by atoms with Crippen molar-refractivity contribution < 1.29 is 0 Å². The van der Waals surface area contributed by atoms with Gasteiger partial charge in [-0.2, -0.15) is 21.0 Å². The van der Waals surface area contributed by atoms with Gasteiger partial charge >= 0.3 is 0 Å². The van der Waals surface area contributed by atoms with Gasteiger partial charge in [-0.05, 0) is 67.9 Å². The summed E-state index contributed by atoms with van der Waals surface area (Å²) in [4.78, 5) is 0. The summed E-state index contributed by atoms with van der Waals surface area (Å²) in [5.41, 5.74) is 2.55. The smallest absolute Gasteiger partial charge is 0.129 e. The van der Waals surface area contributed by atoms with E-state index in [1.54, 1.807) is 0 Å². The third kappa shape index (κ3) is 3.80. The second kappa shape index (κ2) is 8.17. The van der Waals surface area contributed by atoms with Gasteiger partial charge in [0.2, 0.25) is 0 Å². The van der Waals surface area contributed by atoms with Gasteiger partial charge < -0.3 is 0 Å². The van der Waals surface area contributed by atoms with Gasteiger partial charge in [-0.1, -0.05) is 12.8 Å². The van der Waals surface area contributed by atoms with E-state index in [2.05, 4.69) is 0 Å². The van der Waals surface area contributed by atoms with Gasteiger partial charge in [0, 0.05) is 0 Å². The lowest BCUT2D eigenvalue weighted by Crippen LogP contribution is -2.20. The van der Waals surface area contributed by atoms with Gasteiger partial charge in [0.1, 0.15) is 35.4 Å². The standard InChI is InChI=1S/C19H20N4/c20-10-16(11-21)18-7-3-1-5-14(18)9-15-6-2-4-8-19(15)17(12-22)13-23/h14-15H,1-9H2. The molecule has 0 radical (unpaired) electrons. The van der Waals surface area contributed by atoms with E-state index in [0.717, 1.165) is 68.9 Å². The van der Waals surface area contributed by atoms with E-state index < -0.39 is 0 Å².